The van der Waals surface area contributed by atoms with Crippen LogP contribution in [0.4, 0.5) is 11.8 Å². The quantitative estimate of drug-likeness (QED) is 0.737. The first-order valence-corrected chi connectivity index (χ1v) is 5.04. The average molecular weight is 219 g/mol. The molecule has 0 aliphatic rings. The third-order valence-corrected chi connectivity index (χ3v) is 2.46. The Bertz CT molecular complexity index is 439. The van der Waals surface area contributed by atoms with Gasteiger partial charge in [-0.2, -0.15) is 4.98 Å². The maximum atomic E-state index is 5.55. The van der Waals surface area contributed by atoms with Crippen molar-refractivity contribution in [3.63, 3.8) is 0 Å². The normalized spacial score (nSPS) is 10.1. The van der Waals surface area contributed by atoms with E-state index >= 15 is 0 Å². The van der Waals surface area contributed by atoms with Gasteiger partial charge in [-0.3, -0.25) is 0 Å². The lowest BCUT2D eigenvalue weighted by Gasteiger charge is -2.01. The minimum absolute atomic E-state index is 0.174. The van der Waals surface area contributed by atoms with Crippen molar-refractivity contribution in [3.8, 4) is 0 Å². The van der Waals surface area contributed by atoms with E-state index in [-0.39, 0.29) is 5.95 Å². The fourth-order valence-electron chi connectivity index (χ4n) is 1.03. The third kappa shape index (κ3) is 2.57. The van der Waals surface area contributed by atoms with Crippen molar-refractivity contribution < 1.29 is 0 Å². The summed E-state index contributed by atoms with van der Waals surface area (Å²) in [5.41, 5.74) is 11.0. The first-order chi connectivity index (χ1) is 7.24. The van der Waals surface area contributed by atoms with E-state index in [0.29, 0.717) is 10.8 Å². The van der Waals surface area contributed by atoms with Gasteiger partial charge in [0, 0.05) is 12.3 Å². The highest BCUT2D eigenvalue weighted by atomic mass is 32.2. The Hall–Kier alpha value is -1.82. The largest absolute Gasteiger partial charge is 0.383 e. The molecule has 2 heterocycles. The zero-order valence-corrected chi connectivity index (χ0v) is 8.61. The molecule has 76 valence electrons. The first-order valence-electron chi connectivity index (χ1n) is 4.23. The van der Waals surface area contributed by atoms with Crippen LogP contribution in [-0.4, -0.2) is 15.0 Å². The Kier molecular flexibility index (Phi) is 2.68. The predicted molar refractivity (Wildman–Crippen MR) is 59.2 cm³/mol. The van der Waals surface area contributed by atoms with E-state index in [4.69, 9.17) is 11.5 Å². The Morgan fingerprint density at radius 3 is 2.60 bits per heavy atom. The van der Waals surface area contributed by atoms with Gasteiger partial charge in [0.1, 0.15) is 15.9 Å². The van der Waals surface area contributed by atoms with Crippen molar-refractivity contribution in [1.29, 1.82) is 0 Å². The molecule has 0 saturated carbocycles. The van der Waals surface area contributed by atoms with Crippen molar-refractivity contribution >= 4 is 23.5 Å². The van der Waals surface area contributed by atoms with Crippen LogP contribution in [0, 0.1) is 0 Å². The van der Waals surface area contributed by atoms with Gasteiger partial charge < -0.3 is 11.5 Å². The van der Waals surface area contributed by atoms with Crippen molar-refractivity contribution in [2.75, 3.05) is 11.5 Å². The molecule has 0 spiro atoms. The number of nitrogen functional groups attached to an aromatic ring is 2. The molecule has 0 amide bonds. The molecule has 0 fully saturated rings. The summed E-state index contributed by atoms with van der Waals surface area (Å²) >= 11 is 1.39. The lowest BCUT2D eigenvalue weighted by Crippen LogP contribution is -1.99. The molecular weight excluding hydrogens is 210 g/mol. The maximum Gasteiger partial charge on any atom is 0.223 e. The summed E-state index contributed by atoms with van der Waals surface area (Å²) in [7, 11) is 0. The van der Waals surface area contributed by atoms with Gasteiger partial charge >= 0.3 is 0 Å². The van der Waals surface area contributed by atoms with E-state index in [0.717, 1.165) is 5.03 Å². The molecule has 15 heavy (non-hydrogen) atoms. The minimum Gasteiger partial charge on any atom is -0.383 e. The summed E-state index contributed by atoms with van der Waals surface area (Å²) in [5.74, 6) is 0.536. The van der Waals surface area contributed by atoms with Crippen molar-refractivity contribution in [2.45, 2.75) is 10.1 Å². The Labute approximate surface area is 91.0 Å². The van der Waals surface area contributed by atoms with E-state index in [2.05, 4.69) is 15.0 Å². The lowest BCUT2D eigenvalue weighted by atomic mass is 10.5. The summed E-state index contributed by atoms with van der Waals surface area (Å²) in [4.78, 5) is 12.0. The Balaban J connectivity index is 2.25. The monoisotopic (exact) mass is 219 g/mol. The van der Waals surface area contributed by atoms with Gasteiger partial charge in [-0.25, -0.2) is 9.97 Å². The van der Waals surface area contributed by atoms with E-state index in [9.17, 15) is 0 Å². The topological polar surface area (TPSA) is 90.7 Å². The highest BCUT2D eigenvalue weighted by Crippen LogP contribution is 2.24. The summed E-state index contributed by atoms with van der Waals surface area (Å²) in [6.45, 7) is 0. The van der Waals surface area contributed by atoms with Crippen molar-refractivity contribution in [3.05, 3.63) is 30.5 Å². The highest BCUT2D eigenvalue weighted by molar-refractivity contribution is 7.99. The molecule has 2 aromatic rings. The molecule has 0 aromatic carbocycles. The summed E-state index contributed by atoms with van der Waals surface area (Å²) in [5, 5.41) is 1.54. The molecule has 2 aromatic heterocycles. The minimum atomic E-state index is 0.174. The van der Waals surface area contributed by atoms with Crippen LogP contribution in [0.3, 0.4) is 0 Å². The van der Waals surface area contributed by atoms with Crippen LogP contribution in [0.25, 0.3) is 0 Å². The second-order valence-corrected chi connectivity index (χ2v) is 3.80. The van der Waals surface area contributed by atoms with E-state index in [1.165, 1.54) is 11.8 Å². The molecule has 0 unspecified atom stereocenters. The van der Waals surface area contributed by atoms with Crippen LogP contribution in [0.15, 0.2) is 40.5 Å². The molecule has 0 aliphatic heterocycles. The average Bonchev–Trinajstić information content (AvgIpc) is 2.17. The maximum absolute atomic E-state index is 5.55. The van der Waals surface area contributed by atoms with Crippen molar-refractivity contribution in [2.24, 2.45) is 0 Å². The van der Waals surface area contributed by atoms with Gasteiger partial charge in [0.15, 0.2) is 0 Å². The number of pyridine rings is 1. The van der Waals surface area contributed by atoms with Crippen LogP contribution in [0.2, 0.25) is 0 Å². The van der Waals surface area contributed by atoms with Gasteiger partial charge in [0.05, 0.1) is 0 Å². The lowest BCUT2D eigenvalue weighted by molar-refractivity contribution is 1.06. The zero-order chi connectivity index (χ0) is 10.7. The number of hydrogen-bond acceptors (Lipinski definition) is 6. The van der Waals surface area contributed by atoms with E-state index in [1.807, 2.05) is 18.2 Å². The van der Waals surface area contributed by atoms with Crippen molar-refractivity contribution in [1.82, 2.24) is 15.0 Å². The molecule has 2 rings (SSSR count). The smallest absolute Gasteiger partial charge is 0.223 e. The fraction of sp³-hybridized carbons (Fsp3) is 0. The van der Waals surface area contributed by atoms with Crippen LogP contribution >= 0.6 is 11.8 Å². The first kappa shape index (κ1) is 9.72. The predicted octanol–water partition coefficient (Wildman–Crippen LogP) is 1.19. The van der Waals surface area contributed by atoms with Gasteiger partial charge in [-0.1, -0.05) is 6.07 Å². The zero-order valence-electron chi connectivity index (χ0n) is 7.79. The number of nitrogens with two attached hydrogens (primary N) is 2. The number of aromatic nitrogens is 3. The molecule has 0 radical (unpaired) electrons. The molecule has 5 nitrogen and oxygen atoms in total. The number of nitrogens with zero attached hydrogens (tertiary/aromatic N) is 3. The van der Waals surface area contributed by atoms with Gasteiger partial charge in [0.2, 0.25) is 5.95 Å². The molecule has 4 N–H and O–H groups in total. The van der Waals surface area contributed by atoms with Crippen LogP contribution in [0.5, 0.6) is 0 Å². The van der Waals surface area contributed by atoms with E-state index in [1.54, 1.807) is 12.3 Å². The second-order valence-electron chi connectivity index (χ2n) is 2.76. The third-order valence-electron chi connectivity index (χ3n) is 1.59. The number of rotatable bonds is 2. The van der Waals surface area contributed by atoms with Crippen LogP contribution in [0.1, 0.15) is 0 Å². The summed E-state index contributed by atoms with van der Waals surface area (Å²) in [6.07, 6.45) is 1.72. The molecular formula is C9H9N5S. The van der Waals surface area contributed by atoms with Crippen LogP contribution in [-0.2, 0) is 0 Å². The highest BCUT2D eigenvalue weighted by Gasteiger charge is 2.02. The van der Waals surface area contributed by atoms with Crippen LogP contribution < -0.4 is 11.5 Å². The Morgan fingerprint density at radius 1 is 1.07 bits per heavy atom. The van der Waals surface area contributed by atoms with Gasteiger partial charge in [0.25, 0.3) is 0 Å². The number of hydrogen-bond donors (Lipinski definition) is 2. The fourth-order valence-corrected chi connectivity index (χ4v) is 1.82. The second kappa shape index (κ2) is 4.14. The van der Waals surface area contributed by atoms with Gasteiger partial charge in [-0.05, 0) is 23.9 Å². The molecule has 0 saturated heterocycles. The van der Waals surface area contributed by atoms with Gasteiger partial charge in [-0.15, -0.1) is 0 Å². The Morgan fingerprint density at radius 2 is 1.93 bits per heavy atom. The summed E-state index contributed by atoms with van der Waals surface area (Å²) < 4.78 is 0. The molecule has 0 bridgehead atoms. The SMILES string of the molecule is Nc1cc(Sc2ccccn2)nc(N)n1. The molecule has 0 aliphatic carbocycles. The molecule has 6 heteroatoms. The summed E-state index contributed by atoms with van der Waals surface area (Å²) in [6, 6.07) is 7.31. The number of anilines is 2. The van der Waals surface area contributed by atoms with E-state index < -0.39 is 0 Å². The molecule has 0 atom stereocenters. The standard InChI is InChI=1S/C9H9N5S/c10-6-5-8(14-9(11)13-6)15-7-3-1-2-4-12-7/h1-5H,(H4,10,11,13,14).